The molecule has 1 aliphatic rings. The van der Waals surface area contributed by atoms with Crippen LogP contribution in [0.5, 0.6) is 11.5 Å². The third-order valence-corrected chi connectivity index (χ3v) is 3.41. The molecule has 0 fully saturated rings. The van der Waals surface area contributed by atoms with E-state index < -0.39 is 24.2 Å². The average Bonchev–Trinajstić information content (AvgIpc) is 2.43. The molecule has 0 spiro atoms. The molecular formula is C16H21F2NO4. The number of carbonyl (C=O) groups is 1. The minimum Gasteiger partial charge on any atom is -0.493 e. The summed E-state index contributed by atoms with van der Waals surface area (Å²) in [4.78, 5) is 13.1. The number of halogens is 2. The van der Waals surface area contributed by atoms with Crippen molar-refractivity contribution in [1.29, 1.82) is 0 Å². The zero-order chi connectivity index (χ0) is 17.4. The lowest BCUT2D eigenvalue weighted by Crippen LogP contribution is -2.45. The van der Waals surface area contributed by atoms with Gasteiger partial charge in [-0.1, -0.05) is 0 Å². The SMILES string of the molecule is COc1cc2c(cc1OC)C(F)(F)CN(C(=O)OC(C)(C)C)C2. The van der Waals surface area contributed by atoms with Gasteiger partial charge in [0, 0.05) is 12.1 Å². The van der Waals surface area contributed by atoms with Crippen molar-refractivity contribution in [3.63, 3.8) is 0 Å². The number of carbonyl (C=O) groups excluding carboxylic acids is 1. The molecule has 0 aromatic heterocycles. The summed E-state index contributed by atoms with van der Waals surface area (Å²) in [6.07, 6.45) is -0.766. The number of amides is 1. The molecule has 1 aliphatic heterocycles. The number of alkyl halides is 2. The predicted molar refractivity (Wildman–Crippen MR) is 80.1 cm³/mol. The molecule has 0 unspecified atom stereocenters. The maximum absolute atomic E-state index is 14.4. The van der Waals surface area contributed by atoms with Crippen molar-refractivity contribution in [3.05, 3.63) is 23.3 Å². The summed E-state index contributed by atoms with van der Waals surface area (Å²) in [6.45, 7) is 4.36. The van der Waals surface area contributed by atoms with E-state index in [4.69, 9.17) is 14.2 Å². The van der Waals surface area contributed by atoms with Crippen LogP contribution in [0.3, 0.4) is 0 Å². The second kappa shape index (κ2) is 5.86. The average molecular weight is 329 g/mol. The van der Waals surface area contributed by atoms with Crippen LogP contribution in [-0.4, -0.2) is 37.4 Å². The molecule has 1 heterocycles. The molecule has 0 aliphatic carbocycles. The number of rotatable bonds is 2. The number of ether oxygens (including phenoxy) is 3. The van der Waals surface area contributed by atoms with Crippen LogP contribution in [0.4, 0.5) is 13.6 Å². The first-order valence-corrected chi connectivity index (χ1v) is 7.18. The van der Waals surface area contributed by atoms with E-state index in [-0.39, 0.29) is 17.9 Å². The van der Waals surface area contributed by atoms with E-state index in [1.54, 1.807) is 20.8 Å². The molecule has 1 aromatic carbocycles. The minimum atomic E-state index is -3.19. The van der Waals surface area contributed by atoms with Gasteiger partial charge >= 0.3 is 6.09 Å². The Bertz CT molecular complexity index is 611. The van der Waals surface area contributed by atoms with E-state index in [2.05, 4.69) is 0 Å². The fraction of sp³-hybridized carbons (Fsp3) is 0.562. The van der Waals surface area contributed by atoms with Gasteiger partial charge in [-0.25, -0.2) is 4.79 Å². The van der Waals surface area contributed by atoms with Gasteiger partial charge < -0.3 is 14.2 Å². The Hall–Kier alpha value is -2.05. The summed E-state index contributed by atoms with van der Waals surface area (Å²) in [6, 6.07) is 2.74. The van der Waals surface area contributed by atoms with Crippen LogP contribution in [-0.2, 0) is 17.2 Å². The first-order valence-electron chi connectivity index (χ1n) is 7.18. The summed E-state index contributed by atoms with van der Waals surface area (Å²) in [5.41, 5.74) is -0.593. The number of fused-ring (bicyclic) bond motifs is 1. The van der Waals surface area contributed by atoms with E-state index in [1.807, 2.05) is 0 Å². The van der Waals surface area contributed by atoms with Crippen molar-refractivity contribution >= 4 is 6.09 Å². The van der Waals surface area contributed by atoms with Gasteiger partial charge in [0.1, 0.15) is 5.60 Å². The standard InChI is InChI=1S/C16H21F2NO4/c1-15(2,3)23-14(20)19-8-10-6-12(21-4)13(22-5)7-11(10)16(17,18)9-19/h6-7H,8-9H2,1-5H3. The zero-order valence-electron chi connectivity index (χ0n) is 13.9. The lowest BCUT2D eigenvalue weighted by Gasteiger charge is -2.35. The van der Waals surface area contributed by atoms with Gasteiger partial charge in [-0.2, -0.15) is 8.78 Å². The Labute approximate surface area is 134 Å². The van der Waals surface area contributed by atoms with Crippen LogP contribution in [0.2, 0.25) is 0 Å². The molecular weight excluding hydrogens is 308 g/mol. The fourth-order valence-electron chi connectivity index (χ4n) is 2.43. The minimum absolute atomic E-state index is 0.0280. The number of methoxy groups -OCH3 is 2. The summed E-state index contributed by atoms with van der Waals surface area (Å²) in [5, 5.41) is 0. The Kier molecular flexibility index (Phi) is 4.41. The van der Waals surface area contributed by atoms with Crippen molar-refractivity contribution in [3.8, 4) is 11.5 Å². The summed E-state index contributed by atoms with van der Waals surface area (Å²) in [7, 11) is 2.81. The number of hydrogen-bond acceptors (Lipinski definition) is 4. The van der Waals surface area contributed by atoms with Gasteiger partial charge in [0.2, 0.25) is 0 Å². The van der Waals surface area contributed by atoms with Crippen molar-refractivity contribution in [2.75, 3.05) is 20.8 Å². The van der Waals surface area contributed by atoms with Crippen molar-refractivity contribution in [2.24, 2.45) is 0 Å². The Balaban J connectivity index is 2.37. The van der Waals surface area contributed by atoms with Gasteiger partial charge in [0.25, 0.3) is 5.92 Å². The van der Waals surface area contributed by atoms with Gasteiger partial charge in [-0.3, -0.25) is 4.90 Å². The Morgan fingerprint density at radius 1 is 1.17 bits per heavy atom. The highest BCUT2D eigenvalue weighted by molar-refractivity contribution is 5.69. The van der Waals surface area contributed by atoms with Crippen LogP contribution in [0.15, 0.2) is 12.1 Å². The molecule has 0 radical (unpaired) electrons. The highest BCUT2D eigenvalue weighted by Gasteiger charge is 2.43. The summed E-state index contributed by atoms with van der Waals surface area (Å²) >= 11 is 0. The molecule has 0 saturated heterocycles. The number of hydrogen-bond donors (Lipinski definition) is 0. The topological polar surface area (TPSA) is 48.0 Å². The molecule has 1 amide bonds. The molecule has 7 heteroatoms. The second-order valence-electron chi connectivity index (χ2n) is 6.41. The lowest BCUT2D eigenvalue weighted by molar-refractivity contribution is -0.0593. The van der Waals surface area contributed by atoms with Crippen LogP contribution < -0.4 is 9.47 Å². The highest BCUT2D eigenvalue weighted by Crippen LogP contribution is 2.42. The molecule has 2 rings (SSSR count). The van der Waals surface area contributed by atoms with E-state index >= 15 is 0 Å². The van der Waals surface area contributed by atoms with Crippen LogP contribution in [0.1, 0.15) is 31.9 Å². The highest BCUT2D eigenvalue weighted by atomic mass is 19.3. The van der Waals surface area contributed by atoms with Gasteiger partial charge in [0.05, 0.1) is 20.8 Å². The van der Waals surface area contributed by atoms with E-state index in [0.717, 1.165) is 4.90 Å². The van der Waals surface area contributed by atoms with E-state index in [1.165, 1.54) is 26.4 Å². The molecule has 1 aromatic rings. The molecule has 0 atom stereocenters. The molecule has 0 saturated carbocycles. The van der Waals surface area contributed by atoms with Crippen molar-refractivity contribution in [2.45, 2.75) is 38.8 Å². The predicted octanol–water partition coefficient (Wildman–Crippen LogP) is 3.55. The molecule has 5 nitrogen and oxygen atoms in total. The van der Waals surface area contributed by atoms with Crippen molar-refractivity contribution in [1.82, 2.24) is 4.90 Å². The quantitative estimate of drug-likeness (QED) is 0.832. The van der Waals surface area contributed by atoms with E-state index in [0.29, 0.717) is 11.3 Å². The largest absolute Gasteiger partial charge is 0.493 e. The van der Waals surface area contributed by atoms with Crippen LogP contribution in [0, 0.1) is 0 Å². The van der Waals surface area contributed by atoms with Crippen molar-refractivity contribution < 1.29 is 27.8 Å². The normalized spacial score (nSPS) is 16.6. The summed E-state index contributed by atoms with van der Waals surface area (Å²) in [5.74, 6) is -2.62. The van der Waals surface area contributed by atoms with Gasteiger partial charge in [0.15, 0.2) is 11.5 Å². The third kappa shape index (κ3) is 3.65. The molecule has 0 N–H and O–H groups in total. The first kappa shape index (κ1) is 17.3. The smallest absolute Gasteiger partial charge is 0.410 e. The zero-order valence-corrected chi connectivity index (χ0v) is 13.9. The molecule has 0 bridgehead atoms. The Morgan fingerprint density at radius 2 is 1.74 bits per heavy atom. The van der Waals surface area contributed by atoms with Crippen LogP contribution in [0.25, 0.3) is 0 Å². The summed E-state index contributed by atoms with van der Waals surface area (Å²) < 4.78 is 44.3. The first-order chi connectivity index (χ1) is 10.6. The van der Waals surface area contributed by atoms with E-state index in [9.17, 15) is 13.6 Å². The maximum atomic E-state index is 14.4. The third-order valence-electron chi connectivity index (χ3n) is 3.41. The van der Waals surface area contributed by atoms with Gasteiger partial charge in [-0.05, 0) is 38.5 Å². The maximum Gasteiger partial charge on any atom is 0.410 e. The fourth-order valence-corrected chi connectivity index (χ4v) is 2.43. The monoisotopic (exact) mass is 329 g/mol. The van der Waals surface area contributed by atoms with Crippen LogP contribution >= 0.6 is 0 Å². The Morgan fingerprint density at radius 3 is 2.26 bits per heavy atom. The molecule has 128 valence electrons. The second-order valence-corrected chi connectivity index (χ2v) is 6.41. The lowest BCUT2D eigenvalue weighted by atomic mass is 9.96. The van der Waals surface area contributed by atoms with Gasteiger partial charge in [-0.15, -0.1) is 0 Å². The number of nitrogens with zero attached hydrogens (tertiary/aromatic N) is 1. The molecule has 23 heavy (non-hydrogen) atoms. The number of benzene rings is 1.